The molecular weight excluding hydrogens is 472 g/mol. The first-order valence-corrected chi connectivity index (χ1v) is 12.3. The molecule has 0 spiro atoms. The monoisotopic (exact) mass is 498 g/mol. The Morgan fingerprint density at radius 2 is 1.84 bits per heavy atom. The lowest BCUT2D eigenvalue weighted by Crippen LogP contribution is -2.29. The van der Waals surface area contributed by atoms with Crippen LogP contribution >= 0.6 is 0 Å². The normalized spacial score (nSPS) is 19.3. The van der Waals surface area contributed by atoms with Gasteiger partial charge in [0.1, 0.15) is 11.3 Å². The number of ether oxygens (including phenoxy) is 2. The summed E-state index contributed by atoms with van der Waals surface area (Å²) >= 11 is 0. The van der Waals surface area contributed by atoms with Crippen LogP contribution < -0.4 is 10.1 Å². The number of nitro benzene ring substituents is 1. The van der Waals surface area contributed by atoms with Gasteiger partial charge < -0.3 is 14.8 Å². The van der Waals surface area contributed by atoms with Gasteiger partial charge in [-0.1, -0.05) is 43.3 Å². The molecule has 0 saturated carbocycles. The average molecular weight is 499 g/mol. The van der Waals surface area contributed by atoms with Crippen LogP contribution in [-0.2, 0) is 4.74 Å². The Bertz CT molecular complexity index is 1380. The Balaban J connectivity index is 1.39. The molecule has 3 atom stereocenters. The van der Waals surface area contributed by atoms with Gasteiger partial charge in [-0.05, 0) is 60.2 Å². The summed E-state index contributed by atoms with van der Waals surface area (Å²) in [5.41, 5.74) is 3.51. The van der Waals surface area contributed by atoms with Crippen LogP contribution in [0.25, 0.3) is 0 Å². The zero-order valence-electron chi connectivity index (χ0n) is 20.3. The predicted molar refractivity (Wildman–Crippen MR) is 138 cm³/mol. The summed E-state index contributed by atoms with van der Waals surface area (Å²) in [7, 11) is 0. The molecule has 0 aromatic heterocycles. The highest BCUT2D eigenvalue weighted by Gasteiger charge is 2.38. The number of esters is 2. The van der Waals surface area contributed by atoms with Crippen LogP contribution in [0.3, 0.4) is 0 Å². The van der Waals surface area contributed by atoms with Crippen molar-refractivity contribution in [3.05, 3.63) is 111 Å². The van der Waals surface area contributed by atoms with Crippen molar-refractivity contribution in [2.45, 2.75) is 31.7 Å². The molecule has 37 heavy (non-hydrogen) atoms. The van der Waals surface area contributed by atoms with Gasteiger partial charge in [0.05, 0.1) is 23.1 Å². The van der Waals surface area contributed by atoms with Crippen LogP contribution in [0.1, 0.15) is 63.6 Å². The standard InChI is InChI=1S/C29H26N2O6/c1-2-16-36-29(33)23-6-3-4-9-26(23)37-28(32)19-12-15-25-24(17-19)21-7-5-8-22(21)27(30-25)18-10-13-20(14-11-18)31(34)35/h3-7,9-15,17,21-22,27,30H,2,8,16H2,1H3/t21-,22+,27+/m1/s1. The number of nitrogens with one attached hydrogen (secondary N) is 1. The highest BCUT2D eigenvalue weighted by atomic mass is 16.6. The summed E-state index contributed by atoms with van der Waals surface area (Å²) in [6.07, 6.45) is 5.82. The first kappa shape index (κ1) is 24.2. The maximum absolute atomic E-state index is 13.1. The smallest absolute Gasteiger partial charge is 0.343 e. The Hall–Kier alpha value is -4.46. The van der Waals surface area contributed by atoms with Crippen LogP contribution in [0.2, 0.25) is 0 Å². The van der Waals surface area contributed by atoms with Crippen molar-refractivity contribution in [1.29, 1.82) is 0 Å². The third-order valence-electron chi connectivity index (χ3n) is 6.81. The number of non-ortho nitro benzene ring substituents is 1. The second-order valence-corrected chi connectivity index (χ2v) is 9.15. The Labute approximate surface area is 214 Å². The number of benzene rings is 3. The first-order valence-electron chi connectivity index (χ1n) is 12.3. The van der Waals surface area contributed by atoms with Gasteiger partial charge in [0, 0.05) is 23.7 Å². The lowest BCUT2D eigenvalue weighted by atomic mass is 9.76. The molecule has 8 nitrogen and oxygen atoms in total. The zero-order chi connectivity index (χ0) is 25.9. The van der Waals surface area contributed by atoms with E-state index >= 15 is 0 Å². The molecule has 3 aromatic rings. The number of hydrogen-bond donors (Lipinski definition) is 1. The zero-order valence-corrected chi connectivity index (χ0v) is 20.3. The van der Waals surface area contributed by atoms with E-state index in [-0.39, 0.29) is 41.5 Å². The Morgan fingerprint density at radius 1 is 1.05 bits per heavy atom. The number of rotatable bonds is 7. The third kappa shape index (κ3) is 4.82. The summed E-state index contributed by atoms with van der Waals surface area (Å²) in [6.45, 7) is 2.19. The van der Waals surface area contributed by atoms with Crippen LogP contribution in [-0.4, -0.2) is 23.5 Å². The molecule has 8 heteroatoms. The summed E-state index contributed by atoms with van der Waals surface area (Å²) in [5.74, 6) is -0.651. The van der Waals surface area contributed by atoms with Crippen molar-refractivity contribution in [2.75, 3.05) is 11.9 Å². The SMILES string of the molecule is CCCOC(=O)c1ccccc1OC(=O)c1ccc2c(c1)[C@@H]1C=CC[C@@H]1[C@H](c1ccc([N+](=O)[O-])cc1)N2. The van der Waals surface area contributed by atoms with E-state index in [1.54, 1.807) is 42.5 Å². The van der Waals surface area contributed by atoms with E-state index in [2.05, 4.69) is 17.5 Å². The molecule has 5 rings (SSSR count). The van der Waals surface area contributed by atoms with Crippen molar-refractivity contribution in [2.24, 2.45) is 5.92 Å². The van der Waals surface area contributed by atoms with E-state index in [1.165, 1.54) is 12.1 Å². The number of hydrogen-bond acceptors (Lipinski definition) is 7. The molecule has 3 aromatic carbocycles. The van der Waals surface area contributed by atoms with Gasteiger partial charge in [0.15, 0.2) is 0 Å². The van der Waals surface area contributed by atoms with Gasteiger partial charge in [-0.3, -0.25) is 10.1 Å². The van der Waals surface area contributed by atoms with Gasteiger partial charge in [0.25, 0.3) is 5.69 Å². The number of nitro groups is 1. The van der Waals surface area contributed by atoms with E-state index < -0.39 is 16.9 Å². The second kappa shape index (κ2) is 10.3. The molecule has 188 valence electrons. The van der Waals surface area contributed by atoms with Crippen molar-refractivity contribution < 1.29 is 24.0 Å². The summed E-state index contributed by atoms with van der Waals surface area (Å²) in [4.78, 5) is 36.1. The highest BCUT2D eigenvalue weighted by Crippen LogP contribution is 2.50. The fourth-order valence-corrected chi connectivity index (χ4v) is 5.01. The molecule has 0 radical (unpaired) electrons. The lowest BCUT2D eigenvalue weighted by Gasteiger charge is -2.37. The lowest BCUT2D eigenvalue weighted by molar-refractivity contribution is -0.384. The van der Waals surface area contributed by atoms with Crippen LogP contribution in [0.15, 0.2) is 78.9 Å². The number of para-hydroxylation sites is 1. The molecule has 1 heterocycles. The molecular formula is C29H26N2O6. The number of nitrogens with zero attached hydrogens (tertiary/aromatic N) is 1. The van der Waals surface area contributed by atoms with E-state index in [0.717, 1.165) is 23.2 Å². The van der Waals surface area contributed by atoms with Gasteiger partial charge in [0.2, 0.25) is 0 Å². The van der Waals surface area contributed by atoms with E-state index in [0.29, 0.717) is 12.0 Å². The minimum Gasteiger partial charge on any atom is -0.462 e. The van der Waals surface area contributed by atoms with Crippen LogP contribution in [0.4, 0.5) is 11.4 Å². The van der Waals surface area contributed by atoms with Crippen molar-refractivity contribution in [1.82, 2.24) is 0 Å². The number of fused-ring (bicyclic) bond motifs is 3. The van der Waals surface area contributed by atoms with E-state index in [9.17, 15) is 19.7 Å². The first-order chi connectivity index (χ1) is 18.0. The second-order valence-electron chi connectivity index (χ2n) is 9.15. The average Bonchev–Trinajstić information content (AvgIpc) is 3.42. The Morgan fingerprint density at radius 3 is 2.59 bits per heavy atom. The molecule has 1 N–H and O–H groups in total. The summed E-state index contributed by atoms with van der Waals surface area (Å²) in [6, 6.07) is 18.5. The topological polar surface area (TPSA) is 108 Å². The largest absolute Gasteiger partial charge is 0.462 e. The molecule has 2 aliphatic rings. The molecule has 0 amide bonds. The van der Waals surface area contributed by atoms with Gasteiger partial charge in [-0.25, -0.2) is 9.59 Å². The molecule has 0 unspecified atom stereocenters. The molecule has 1 aliphatic carbocycles. The van der Waals surface area contributed by atoms with Crippen molar-refractivity contribution in [3.63, 3.8) is 0 Å². The van der Waals surface area contributed by atoms with Crippen LogP contribution in [0, 0.1) is 16.0 Å². The summed E-state index contributed by atoms with van der Waals surface area (Å²) < 4.78 is 10.8. The summed E-state index contributed by atoms with van der Waals surface area (Å²) in [5, 5.41) is 14.6. The van der Waals surface area contributed by atoms with E-state index in [1.807, 2.05) is 19.1 Å². The maximum Gasteiger partial charge on any atom is 0.343 e. The van der Waals surface area contributed by atoms with Crippen molar-refractivity contribution >= 4 is 23.3 Å². The van der Waals surface area contributed by atoms with Gasteiger partial charge in [-0.15, -0.1) is 0 Å². The number of carbonyl (C=O) groups is 2. The molecule has 0 saturated heterocycles. The maximum atomic E-state index is 13.1. The fourth-order valence-electron chi connectivity index (χ4n) is 5.01. The molecule has 1 aliphatic heterocycles. The number of anilines is 1. The van der Waals surface area contributed by atoms with Gasteiger partial charge >= 0.3 is 11.9 Å². The van der Waals surface area contributed by atoms with Gasteiger partial charge in [-0.2, -0.15) is 0 Å². The van der Waals surface area contributed by atoms with Crippen molar-refractivity contribution in [3.8, 4) is 5.75 Å². The highest BCUT2D eigenvalue weighted by molar-refractivity contribution is 5.96. The van der Waals surface area contributed by atoms with E-state index in [4.69, 9.17) is 9.47 Å². The van der Waals surface area contributed by atoms with Crippen LogP contribution in [0.5, 0.6) is 5.75 Å². The quantitative estimate of drug-likeness (QED) is 0.136. The Kier molecular flexibility index (Phi) is 6.72. The molecule has 0 bridgehead atoms. The minimum atomic E-state index is -0.561. The number of allylic oxidation sites excluding steroid dienone is 2. The fraction of sp³-hybridized carbons (Fsp3) is 0.241. The minimum absolute atomic E-state index is 0.0212. The predicted octanol–water partition coefficient (Wildman–Crippen LogP) is 6.21. The molecule has 0 fully saturated rings. The number of carbonyl (C=O) groups excluding carboxylic acids is 2. The third-order valence-corrected chi connectivity index (χ3v) is 6.81.